The lowest BCUT2D eigenvalue weighted by Crippen LogP contribution is -2.36. The molecule has 1 unspecified atom stereocenters. The van der Waals surface area contributed by atoms with Gasteiger partial charge in [-0.05, 0) is 54.8 Å². The van der Waals surface area contributed by atoms with Gasteiger partial charge in [-0.2, -0.15) is 0 Å². The Kier molecular flexibility index (Phi) is 5.67. The minimum Gasteiger partial charge on any atom is -0.378 e. The molecule has 0 saturated carbocycles. The van der Waals surface area contributed by atoms with E-state index in [-0.39, 0.29) is 0 Å². The molecule has 3 aromatic rings. The Balaban J connectivity index is 1.46. The van der Waals surface area contributed by atoms with Crippen LogP contribution in [0.1, 0.15) is 12.2 Å². The van der Waals surface area contributed by atoms with Crippen molar-refractivity contribution in [3.05, 3.63) is 72.6 Å². The zero-order valence-corrected chi connectivity index (χ0v) is 18.8. The van der Waals surface area contributed by atoms with Crippen molar-refractivity contribution >= 4 is 32.4 Å². The summed E-state index contributed by atoms with van der Waals surface area (Å²) >= 11 is 0. The minimum absolute atomic E-state index is 0.460. The molecule has 0 bridgehead atoms. The predicted octanol–water partition coefficient (Wildman–Crippen LogP) is 3.47. The van der Waals surface area contributed by atoms with Gasteiger partial charge < -0.3 is 9.64 Å². The fourth-order valence-corrected chi connectivity index (χ4v) is 5.42. The van der Waals surface area contributed by atoms with Crippen LogP contribution < -0.4 is 9.62 Å². The van der Waals surface area contributed by atoms with Crippen LogP contribution in [0.2, 0.25) is 0 Å². The summed E-state index contributed by atoms with van der Waals surface area (Å²) in [6, 6.07) is 13.3. The first-order valence-electron chi connectivity index (χ1n) is 10.8. The zero-order valence-electron chi connectivity index (χ0n) is 18.0. The molecule has 1 N–H and O–H groups in total. The first-order chi connectivity index (χ1) is 16.0. The Morgan fingerprint density at radius 1 is 1.06 bits per heavy atom. The summed E-state index contributed by atoms with van der Waals surface area (Å²) in [5, 5.41) is -0.577. The number of morpholine rings is 1. The monoisotopic (exact) mass is 460 g/mol. The average molecular weight is 461 g/mol. The molecule has 1 saturated heterocycles. The van der Waals surface area contributed by atoms with E-state index in [2.05, 4.69) is 32.7 Å². The first-order valence-corrected chi connectivity index (χ1v) is 12.4. The van der Waals surface area contributed by atoms with Gasteiger partial charge in [0, 0.05) is 30.2 Å². The molecule has 1 aliphatic heterocycles. The number of anilines is 2. The highest BCUT2D eigenvalue weighted by atomic mass is 32.2. The zero-order chi connectivity index (χ0) is 22.8. The van der Waals surface area contributed by atoms with E-state index >= 15 is 0 Å². The Morgan fingerprint density at radius 2 is 1.82 bits per heavy atom. The van der Waals surface area contributed by atoms with Gasteiger partial charge in [-0.25, -0.2) is 13.4 Å². The second-order valence-electron chi connectivity index (χ2n) is 7.97. The number of imidazole rings is 1. The quantitative estimate of drug-likeness (QED) is 0.590. The molecule has 1 aromatic heterocycles. The molecular formula is C25H24N4O3S. The van der Waals surface area contributed by atoms with Crippen LogP contribution in [0.15, 0.2) is 66.8 Å². The van der Waals surface area contributed by atoms with Crippen molar-refractivity contribution in [2.24, 2.45) is 0 Å². The van der Waals surface area contributed by atoms with E-state index in [9.17, 15) is 8.42 Å². The molecule has 0 amide bonds. The molecule has 2 aliphatic rings. The number of terminal acetylenes is 1. The maximum atomic E-state index is 12.7. The molecule has 2 heterocycles. The van der Waals surface area contributed by atoms with Gasteiger partial charge in [0.2, 0.25) is 10.0 Å². The normalized spacial score (nSPS) is 18.4. The van der Waals surface area contributed by atoms with Crippen LogP contribution in [-0.2, 0) is 14.8 Å². The van der Waals surface area contributed by atoms with E-state index in [1.807, 2.05) is 34.9 Å². The van der Waals surface area contributed by atoms with E-state index < -0.39 is 15.3 Å². The van der Waals surface area contributed by atoms with Gasteiger partial charge in [0.1, 0.15) is 5.25 Å². The number of nitrogens with one attached hydrogen (secondary N) is 1. The number of sulfonamides is 1. The van der Waals surface area contributed by atoms with Crippen LogP contribution in [0.4, 0.5) is 11.4 Å². The molecule has 2 aromatic carbocycles. The summed E-state index contributed by atoms with van der Waals surface area (Å²) in [5.74, 6) is 3.17. The molecule has 5 rings (SSSR count). The summed E-state index contributed by atoms with van der Waals surface area (Å²) in [7, 11) is -3.52. The lowest BCUT2D eigenvalue weighted by atomic mass is 10.2. The topological polar surface area (TPSA) is 76.5 Å². The van der Waals surface area contributed by atoms with Gasteiger partial charge in [0.05, 0.1) is 24.2 Å². The molecule has 7 nitrogen and oxygen atoms in total. The van der Waals surface area contributed by atoms with E-state index in [1.165, 1.54) is 0 Å². The van der Waals surface area contributed by atoms with Gasteiger partial charge in [-0.3, -0.25) is 9.29 Å². The van der Waals surface area contributed by atoms with Crippen molar-refractivity contribution in [2.75, 3.05) is 35.9 Å². The highest BCUT2D eigenvalue weighted by Gasteiger charge is 2.23. The van der Waals surface area contributed by atoms with E-state index in [0.29, 0.717) is 31.1 Å². The Hall–Kier alpha value is -3.54. The van der Waals surface area contributed by atoms with E-state index in [1.54, 1.807) is 24.3 Å². The van der Waals surface area contributed by atoms with Crippen LogP contribution in [-0.4, -0.2) is 49.5 Å². The van der Waals surface area contributed by atoms with Crippen molar-refractivity contribution in [2.45, 2.75) is 11.7 Å². The second-order valence-corrected chi connectivity index (χ2v) is 9.87. The van der Waals surface area contributed by atoms with Crippen LogP contribution in [0.25, 0.3) is 16.7 Å². The van der Waals surface area contributed by atoms with Gasteiger partial charge >= 0.3 is 0 Å². The predicted molar refractivity (Wildman–Crippen MR) is 131 cm³/mol. The van der Waals surface area contributed by atoms with E-state index in [4.69, 9.17) is 11.2 Å². The molecule has 1 aliphatic carbocycles. The van der Waals surface area contributed by atoms with Crippen LogP contribution in [0, 0.1) is 12.3 Å². The van der Waals surface area contributed by atoms with Crippen molar-refractivity contribution in [1.29, 1.82) is 0 Å². The van der Waals surface area contributed by atoms with Gasteiger partial charge in [0.25, 0.3) is 0 Å². The number of benzene rings is 2. The van der Waals surface area contributed by atoms with Crippen molar-refractivity contribution < 1.29 is 13.2 Å². The molecule has 8 heteroatoms. The number of rotatable bonds is 5. The van der Waals surface area contributed by atoms with Gasteiger partial charge in [0.15, 0.2) is 5.82 Å². The first kappa shape index (κ1) is 21.3. The molecular weight excluding hydrogens is 436 g/mol. The second kappa shape index (κ2) is 8.77. The third-order valence-electron chi connectivity index (χ3n) is 5.87. The van der Waals surface area contributed by atoms with Crippen molar-refractivity contribution in [1.82, 2.24) is 9.55 Å². The summed E-state index contributed by atoms with van der Waals surface area (Å²) in [5.41, 5.74) is 4.12. The third kappa shape index (κ3) is 4.25. The molecule has 0 radical (unpaired) electrons. The summed E-state index contributed by atoms with van der Waals surface area (Å²) in [4.78, 5) is 6.88. The van der Waals surface area contributed by atoms with Gasteiger partial charge in [-0.15, -0.1) is 6.42 Å². The average Bonchev–Trinajstić information content (AvgIpc) is 3.23. The van der Waals surface area contributed by atoms with E-state index in [0.717, 1.165) is 35.5 Å². The fourth-order valence-electron chi connectivity index (χ4n) is 4.15. The number of aromatic nitrogens is 2. The molecule has 168 valence electrons. The SMILES string of the molecule is C#Cc1nc2ccc(N3CCOCC3)cc2n1-c1ccc(NS(=O)(=O)C2C=CC=CC2)cc1. The molecule has 1 atom stereocenters. The Bertz CT molecular complexity index is 1380. The number of fused-ring (bicyclic) bond motifs is 1. The maximum absolute atomic E-state index is 12.7. The lowest BCUT2D eigenvalue weighted by molar-refractivity contribution is 0.122. The summed E-state index contributed by atoms with van der Waals surface area (Å²) < 4.78 is 35.4. The number of ether oxygens (including phenoxy) is 1. The highest BCUT2D eigenvalue weighted by Crippen LogP contribution is 2.28. The largest absolute Gasteiger partial charge is 0.378 e. The molecule has 33 heavy (non-hydrogen) atoms. The number of hydrogen-bond acceptors (Lipinski definition) is 5. The maximum Gasteiger partial charge on any atom is 0.239 e. The Labute approximate surface area is 193 Å². The van der Waals surface area contributed by atoms with Crippen LogP contribution in [0.3, 0.4) is 0 Å². The number of hydrogen-bond donors (Lipinski definition) is 1. The summed E-state index contributed by atoms with van der Waals surface area (Å²) in [6.45, 7) is 3.08. The van der Waals surface area contributed by atoms with Crippen LogP contribution in [0.5, 0.6) is 0 Å². The Morgan fingerprint density at radius 3 is 2.52 bits per heavy atom. The lowest BCUT2D eigenvalue weighted by Gasteiger charge is -2.28. The standard InChI is InChI=1S/C25H24N4O3S/c1-2-25-26-23-13-12-21(28-14-16-32-17-15-28)18-24(23)29(25)20-10-8-19(9-11-20)27-33(30,31)22-6-4-3-5-7-22/h1,3-6,8-13,18,22,27H,7,14-17H2. The van der Waals surface area contributed by atoms with Crippen LogP contribution >= 0.6 is 0 Å². The molecule has 0 spiro atoms. The van der Waals surface area contributed by atoms with Gasteiger partial charge in [-0.1, -0.05) is 24.3 Å². The fraction of sp³-hybridized carbons (Fsp3) is 0.240. The summed E-state index contributed by atoms with van der Waals surface area (Å²) in [6.07, 6.45) is 13.4. The number of allylic oxidation sites excluding steroid dienone is 3. The third-order valence-corrected chi connectivity index (χ3v) is 7.54. The highest BCUT2D eigenvalue weighted by molar-refractivity contribution is 7.93. The molecule has 1 fully saturated rings. The van der Waals surface area contributed by atoms with Crippen molar-refractivity contribution in [3.63, 3.8) is 0 Å². The van der Waals surface area contributed by atoms with Crippen molar-refractivity contribution in [3.8, 4) is 18.0 Å². The smallest absolute Gasteiger partial charge is 0.239 e. The number of nitrogens with zero attached hydrogens (tertiary/aromatic N) is 3. The minimum atomic E-state index is -3.52.